The number of hydrogen-bond acceptors (Lipinski definition) is 5. The lowest BCUT2D eigenvalue weighted by Crippen LogP contribution is -2.19. The Hall–Kier alpha value is -1.36. The van der Waals surface area contributed by atoms with Gasteiger partial charge in [0.05, 0.1) is 0 Å². The summed E-state index contributed by atoms with van der Waals surface area (Å²) in [6.45, 7) is 5.75. The Morgan fingerprint density at radius 3 is 1.72 bits per heavy atom. The Morgan fingerprint density at radius 2 is 1.13 bits per heavy atom. The zero-order chi connectivity index (χ0) is 28.7. The fourth-order valence-electron chi connectivity index (χ4n) is 4.86. The molecule has 0 aliphatic heterocycles. The van der Waals surface area contributed by atoms with Gasteiger partial charge in [0.15, 0.2) is 0 Å². The van der Waals surface area contributed by atoms with Gasteiger partial charge in [-0.05, 0) is 65.0 Å². The Morgan fingerprint density at radius 1 is 0.615 bits per heavy atom. The first-order valence-corrected chi connectivity index (χ1v) is 16.8. The molecule has 0 rings (SSSR count). The van der Waals surface area contributed by atoms with Crippen LogP contribution < -0.4 is 5.32 Å². The SMILES string of the molecule is CCCCCC/C=C\COC(=O)CCCCCCCCCC(CCCCCCCCC)OC(=O)CCCNC. The van der Waals surface area contributed by atoms with Crippen molar-refractivity contribution in [1.82, 2.24) is 5.32 Å². The normalized spacial score (nSPS) is 12.2. The van der Waals surface area contributed by atoms with Crippen LogP contribution in [0.1, 0.15) is 168 Å². The van der Waals surface area contributed by atoms with Crippen molar-refractivity contribution in [2.24, 2.45) is 0 Å². The van der Waals surface area contributed by atoms with Gasteiger partial charge >= 0.3 is 11.9 Å². The van der Waals surface area contributed by atoms with Gasteiger partial charge in [0.2, 0.25) is 0 Å². The first-order valence-electron chi connectivity index (χ1n) is 16.8. The van der Waals surface area contributed by atoms with Crippen LogP contribution in [-0.2, 0) is 19.1 Å². The maximum Gasteiger partial charge on any atom is 0.306 e. The summed E-state index contributed by atoms with van der Waals surface area (Å²) in [6.07, 6.45) is 31.2. The van der Waals surface area contributed by atoms with Crippen LogP contribution in [0, 0.1) is 0 Å². The van der Waals surface area contributed by atoms with Crippen molar-refractivity contribution in [3.05, 3.63) is 12.2 Å². The molecule has 230 valence electrons. The maximum atomic E-state index is 12.3. The van der Waals surface area contributed by atoms with Crippen molar-refractivity contribution >= 4 is 11.9 Å². The van der Waals surface area contributed by atoms with Crippen LogP contribution in [0.25, 0.3) is 0 Å². The third kappa shape index (κ3) is 29.4. The lowest BCUT2D eigenvalue weighted by molar-refractivity contribution is -0.150. The minimum atomic E-state index is -0.0712. The Labute approximate surface area is 242 Å². The van der Waals surface area contributed by atoms with Gasteiger partial charge in [-0.2, -0.15) is 0 Å². The van der Waals surface area contributed by atoms with E-state index in [-0.39, 0.29) is 18.0 Å². The standard InChI is InChI=1S/C34H65NO4/c1-4-6-8-10-13-17-21-26-32(39-34(37)29-25-30-35-3)27-22-18-14-12-15-19-23-28-33(36)38-31-24-20-16-11-9-7-5-2/h20,24,32,35H,4-19,21-23,25-31H2,1-3H3/b24-20-. The van der Waals surface area contributed by atoms with Gasteiger partial charge in [-0.1, -0.05) is 116 Å². The lowest BCUT2D eigenvalue weighted by atomic mass is 10.0. The molecular formula is C34H65NO4. The van der Waals surface area contributed by atoms with Crippen LogP contribution in [0.4, 0.5) is 0 Å². The second-order valence-corrected chi connectivity index (χ2v) is 11.2. The molecule has 0 radical (unpaired) electrons. The number of rotatable bonds is 30. The van der Waals surface area contributed by atoms with Crippen LogP contribution in [0.15, 0.2) is 12.2 Å². The smallest absolute Gasteiger partial charge is 0.306 e. The van der Waals surface area contributed by atoms with Crippen LogP contribution in [0.3, 0.4) is 0 Å². The number of carbonyl (C=O) groups is 2. The lowest BCUT2D eigenvalue weighted by Gasteiger charge is -2.18. The van der Waals surface area contributed by atoms with E-state index in [0.29, 0.717) is 19.4 Å². The third-order valence-corrected chi connectivity index (χ3v) is 7.37. The number of nitrogens with one attached hydrogen (secondary N) is 1. The van der Waals surface area contributed by atoms with Crippen molar-refractivity contribution in [3.8, 4) is 0 Å². The molecule has 0 aromatic heterocycles. The van der Waals surface area contributed by atoms with E-state index in [4.69, 9.17) is 9.47 Å². The minimum absolute atomic E-state index is 0.0323. The highest BCUT2D eigenvalue weighted by Gasteiger charge is 2.14. The molecule has 0 bridgehead atoms. The average molecular weight is 552 g/mol. The minimum Gasteiger partial charge on any atom is -0.462 e. The number of esters is 2. The summed E-state index contributed by atoms with van der Waals surface area (Å²) in [5.41, 5.74) is 0. The highest BCUT2D eigenvalue weighted by atomic mass is 16.5. The fourth-order valence-corrected chi connectivity index (χ4v) is 4.86. The van der Waals surface area contributed by atoms with Gasteiger partial charge in [-0.3, -0.25) is 9.59 Å². The van der Waals surface area contributed by atoms with Gasteiger partial charge in [0.1, 0.15) is 12.7 Å². The van der Waals surface area contributed by atoms with Crippen LogP contribution in [0.5, 0.6) is 0 Å². The molecule has 39 heavy (non-hydrogen) atoms. The van der Waals surface area contributed by atoms with Crippen molar-refractivity contribution < 1.29 is 19.1 Å². The van der Waals surface area contributed by atoms with E-state index in [1.807, 2.05) is 13.1 Å². The molecule has 5 nitrogen and oxygen atoms in total. The largest absolute Gasteiger partial charge is 0.462 e. The third-order valence-electron chi connectivity index (χ3n) is 7.37. The van der Waals surface area contributed by atoms with Crippen LogP contribution >= 0.6 is 0 Å². The van der Waals surface area contributed by atoms with E-state index in [1.54, 1.807) is 0 Å². The zero-order valence-electron chi connectivity index (χ0n) is 26.2. The highest BCUT2D eigenvalue weighted by molar-refractivity contribution is 5.69. The van der Waals surface area contributed by atoms with E-state index < -0.39 is 0 Å². The van der Waals surface area contributed by atoms with E-state index in [9.17, 15) is 9.59 Å². The van der Waals surface area contributed by atoms with Crippen molar-refractivity contribution in [2.45, 2.75) is 174 Å². The molecule has 0 aromatic carbocycles. The van der Waals surface area contributed by atoms with Crippen molar-refractivity contribution in [2.75, 3.05) is 20.2 Å². The molecule has 1 atom stereocenters. The first-order chi connectivity index (χ1) is 19.1. The molecule has 0 aliphatic rings. The van der Waals surface area contributed by atoms with E-state index >= 15 is 0 Å². The average Bonchev–Trinajstić information content (AvgIpc) is 2.93. The molecule has 0 saturated heterocycles. The highest BCUT2D eigenvalue weighted by Crippen LogP contribution is 2.18. The first kappa shape index (κ1) is 37.6. The molecule has 0 amide bonds. The van der Waals surface area contributed by atoms with Crippen molar-refractivity contribution in [3.63, 3.8) is 0 Å². The molecular weight excluding hydrogens is 486 g/mol. The molecule has 0 fully saturated rings. The number of allylic oxidation sites excluding steroid dienone is 1. The Bertz CT molecular complexity index is 563. The summed E-state index contributed by atoms with van der Waals surface area (Å²) in [4.78, 5) is 24.1. The predicted molar refractivity (Wildman–Crippen MR) is 166 cm³/mol. The van der Waals surface area contributed by atoms with E-state index in [2.05, 4.69) is 25.2 Å². The number of unbranched alkanes of at least 4 members (excludes halogenated alkanes) is 16. The number of hydrogen-bond donors (Lipinski definition) is 1. The molecule has 1 unspecified atom stereocenters. The molecule has 0 saturated carbocycles. The zero-order valence-corrected chi connectivity index (χ0v) is 26.2. The van der Waals surface area contributed by atoms with Crippen LogP contribution in [0.2, 0.25) is 0 Å². The maximum absolute atomic E-state index is 12.3. The molecule has 0 aliphatic carbocycles. The molecule has 0 aromatic rings. The van der Waals surface area contributed by atoms with Gasteiger partial charge in [0, 0.05) is 12.8 Å². The summed E-state index contributed by atoms with van der Waals surface area (Å²) in [6, 6.07) is 0. The quantitative estimate of drug-likeness (QED) is 0.0547. The van der Waals surface area contributed by atoms with E-state index in [0.717, 1.165) is 51.5 Å². The number of carbonyl (C=O) groups excluding carboxylic acids is 2. The molecule has 1 N–H and O–H groups in total. The summed E-state index contributed by atoms with van der Waals surface area (Å²) < 4.78 is 11.2. The topological polar surface area (TPSA) is 64.6 Å². The number of ether oxygens (including phenoxy) is 2. The van der Waals surface area contributed by atoms with Gasteiger partial charge in [0.25, 0.3) is 0 Å². The Kier molecular flexibility index (Phi) is 30.1. The molecule has 5 heteroatoms. The monoisotopic (exact) mass is 551 g/mol. The summed E-state index contributed by atoms with van der Waals surface area (Å²) in [5, 5.41) is 3.10. The van der Waals surface area contributed by atoms with Crippen molar-refractivity contribution in [1.29, 1.82) is 0 Å². The molecule has 0 heterocycles. The van der Waals surface area contributed by atoms with Gasteiger partial charge < -0.3 is 14.8 Å². The van der Waals surface area contributed by atoms with E-state index in [1.165, 1.54) is 96.3 Å². The summed E-state index contributed by atoms with van der Waals surface area (Å²) >= 11 is 0. The van der Waals surface area contributed by atoms with Gasteiger partial charge in [-0.15, -0.1) is 0 Å². The second kappa shape index (κ2) is 31.2. The fraction of sp³-hybridized carbons (Fsp3) is 0.882. The summed E-state index contributed by atoms with van der Waals surface area (Å²) in [7, 11) is 1.92. The second-order valence-electron chi connectivity index (χ2n) is 11.2. The van der Waals surface area contributed by atoms with Crippen LogP contribution in [-0.4, -0.2) is 38.2 Å². The Balaban J connectivity index is 3.86. The molecule has 0 spiro atoms. The van der Waals surface area contributed by atoms with Gasteiger partial charge in [-0.25, -0.2) is 0 Å². The summed E-state index contributed by atoms with van der Waals surface area (Å²) in [5.74, 6) is -0.103. The predicted octanol–water partition coefficient (Wildman–Crippen LogP) is 9.62.